The highest BCUT2D eigenvalue weighted by Gasteiger charge is 2.18. The molecule has 0 aliphatic rings. The second-order valence-corrected chi connectivity index (χ2v) is 2.27. The van der Waals surface area contributed by atoms with Crippen LogP contribution in [-0.4, -0.2) is 23.5 Å². The molecule has 6 nitrogen and oxygen atoms in total. The number of ether oxygens (including phenoxy) is 1. The zero-order valence-electron chi connectivity index (χ0n) is 7.18. The van der Waals surface area contributed by atoms with Gasteiger partial charge in [0.1, 0.15) is 5.76 Å². The van der Waals surface area contributed by atoms with Crippen LogP contribution in [0.25, 0.3) is 0 Å². The third-order valence-electron chi connectivity index (χ3n) is 1.11. The topological polar surface area (TPSA) is 93.0 Å². The molecule has 0 aromatic carbocycles. The van der Waals surface area contributed by atoms with Crippen molar-refractivity contribution in [3.8, 4) is 0 Å². The average molecular weight is 187 g/mol. The minimum absolute atomic E-state index is 0.382. The molecule has 0 aromatic heterocycles. The maximum atomic E-state index is 10.9. The summed E-state index contributed by atoms with van der Waals surface area (Å²) in [7, 11) is 0. The third kappa shape index (κ3) is 3.46. The Morgan fingerprint density at radius 1 is 1.62 bits per heavy atom. The molecule has 13 heavy (non-hydrogen) atoms. The minimum atomic E-state index is -1.12. The van der Waals surface area contributed by atoms with E-state index in [4.69, 9.17) is 5.11 Å². The molecule has 0 aliphatic carbocycles. The van der Waals surface area contributed by atoms with Crippen LogP contribution in [-0.2, 0) is 14.3 Å². The molecule has 0 spiro atoms. The van der Waals surface area contributed by atoms with E-state index in [0.29, 0.717) is 6.29 Å². The highest BCUT2D eigenvalue weighted by Crippen LogP contribution is 2.06. The first-order valence-electron chi connectivity index (χ1n) is 3.42. The largest absolute Gasteiger partial charge is 0.510 e. The Morgan fingerprint density at radius 3 is 2.46 bits per heavy atom. The van der Waals surface area contributed by atoms with Gasteiger partial charge in [-0.25, -0.2) is 4.79 Å². The lowest BCUT2D eigenvalue weighted by Gasteiger charge is -2.05. The number of nitrogens with zero attached hydrogens (tertiary/aromatic N) is 1. The van der Waals surface area contributed by atoms with E-state index < -0.39 is 23.5 Å². The lowest BCUT2D eigenvalue weighted by atomic mass is 10.4. The molecule has 1 unspecified atom stereocenters. The lowest BCUT2D eigenvalue weighted by Crippen LogP contribution is -2.17. The van der Waals surface area contributed by atoms with Crippen LogP contribution in [0.15, 0.2) is 16.6 Å². The van der Waals surface area contributed by atoms with Crippen LogP contribution in [0.4, 0.5) is 0 Å². The van der Waals surface area contributed by atoms with E-state index in [9.17, 15) is 14.5 Å². The van der Waals surface area contributed by atoms with E-state index in [0.717, 1.165) is 6.92 Å². The highest BCUT2D eigenvalue weighted by molar-refractivity contribution is 5.89. The van der Waals surface area contributed by atoms with Gasteiger partial charge in [0.25, 0.3) is 0 Å². The number of carbonyl (C=O) groups excluding carboxylic acids is 2. The summed E-state index contributed by atoms with van der Waals surface area (Å²) < 4.78 is 4.40. The van der Waals surface area contributed by atoms with Crippen molar-refractivity contribution >= 4 is 12.3 Å². The fourth-order valence-electron chi connectivity index (χ4n) is 0.503. The number of esters is 1. The molecule has 0 bridgehead atoms. The summed E-state index contributed by atoms with van der Waals surface area (Å²) in [5.41, 5.74) is -0.728. The third-order valence-corrected chi connectivity index (χ3v) is 1.11. The van der Waals surface area contributed by atoms with Gasteiger partial charge in [-0.1, -0.05) is 0 Å². The Bertz CT molecular complexity index is 254. The van der Waals surface area contributed by atoms with Gasteiger partial charge >= 0.3 is 5.97 Å². The standard InChI is InChI=1S/C7H9NO5/c1-4(3-9)13-7(11)6(8-12)5(2)10/h3-4,10H,1-2H3/b6-5-. The number of aliphatic hydroxyl groups excluding tert-OH is 1. The van der Waals surface area contributed by atoms with Crippen molar-refractivity contribution in [2.24, 2.45) is 5.18 Å². The Labute approximate surface area is 74.2 Å². The molecule has 1 N–H and O–H groups in total. The number of nitroso groups, excluding NO2 is 1. The first kappa shape index (κ1) is 11.3. The van der Waals surface area contributed by atoms with E-state index >= 15 is 0 Å². The van der Waals surface area contributed by atoms with Crippen molar-refractivity contribution in [2.75, 3.05) is 0 Å². The van der Waals surface area contributed by atoms with Crippen LogP contribution >= 0.6 is 0 Å². The summed E-state index contributed by atoms with van der Waals surface area (Å²) in [5, 5.41) is 11.0. The summed E-state index contributed by atoms with van der Waals surface area (Å²) >= 11 is 0. The maximum absolute atomic E-state index is 10.9. The van der Waals surface area contributed by atoms with Gasteiger partial charge in [-0.3, -0.25) is 4.79 Å². The van der Waals surface area contributed by atoms with Gasteiger partial charge in [-0.05, 0) is 19.0 Å². The van der Waals surface area contributed by atoms with Crippen LogP contribution in [0.2, 0.25) is 0 Å². The number of aliphatic hydroxyl groups is 1. The van der Waals surface area contributed by atoms with Crippen molar-refractivity contribution in [3.05, 3.63) is 16.4 Å². The molecule has 0 fully saturated rings. The number of allylic oxidation sites excluding steroid dienone is 1. The first-order chi connectivity index (χ1) is 6.02. The zero-order chi connectivity index (χ0) is 10.4. The number of aldehydes is 1. The van der Waals surface area contributed by atoms with E-state index in [1.54, 1.807) is 0 Å². The average Bonchev–Trinajstić information content (AvgIpc) is 2.04. The molecule has 0 aliphatic heterocycles. The molecular formula is C7H9NO5. The molecule has 0 radical (unpaired) electrons. The van der Waals surface area contributed by atoms with Gasteiger partial charge in [0, 0.05) is 0 Å². The van der Waals surface area contributed by atoms with E-state index in [2.05, 4.69) is 9.91 Å². The quantitative estimate of drug-likeness (QED) is 0.229. The Morgan fingerprint density at radius 2 is 2.15 bits per heavy atom. The van der Waals surface area contributed by atoms with Gasteiger partial charge in [-0.2, -0.15) is 0 Å². The lowest BCUT2D eigenvalue weighted by molar-refractivity contribution is -0.146. The molecule has 72 valence electrons. The molecular weight excluding hydrogens is 178 g/mol. The summed E-state index contributed by atoms with van der Waals surface area (Å²) in [4.78, 5) is 30.9. The van der Waals surface area contributed by atoms with Crippen molar-refractivity contribution in [2.45, 2.75) is 20.0 Å². The molecule has 0 saturated carbocycles. The summed E-state index contributed by atoms with van der Waals surface area (Å²) in [6.07, 6.45) is -0.587. The summed E-state index contributed by atoms with van der Waals surface area (Å²) in [6.45, 7) is 2.43. The van der Waals surface area contributed by atoms with E-state index in [-0.39, 0.29) is 0 Å². The summed E-state index contributed by atoms with van der Waals surface area (Å²) in [5.74, 6) is -1.66. The number of hydrogen-bond donors (Lipinski definition) is 1. The minimum Gasteiger partial charge on any atom is -0.510 e. The van der Waals surface area contributed by atoms with E-state index in [1.807, 2.05) is 0 Å². The van der Waals surface area contributed by atoms with Crippen LogP contribution < -0.4 is 0 Å². The SMILES string of the molecule is C/C(O)=C(/N=O)C(=O)OC(C)C=O. The first-order valence-corrected chi connectivity index (χ1v) is 3.42. The van der Waals surface area contributed by atoms with E-state index in [1.165, 1.54) is 6.92 Å². The van der Waals surface area contributed by atoms with Gasteiger partial charge in [-0.15, -0.1) is 4.91 Å². The molecule has 1 atom stereocenters. The van der Waals surface area contributed by atoms with Gasteiger partial charge in [0.05, 0.1) is 0 Å². The monoisotopic (exact) mass is 187 g/mol. The van der Waals surface area contributed by atoms with Gasteiger partial charge < -0.3 is 9.84 Å². The number of rotatable bonds is 4. The van der Waals surface area contributed by atoms with Gasteiger partial charge in [0.2, 0.25) is 5.70 Å². The summed E-state index contributed by atoms with van der Waals surface area (Å²) in [6, 6.07) is 0. The molecule has 0 heterocycles. The molecule has 0 rings (SSSR count). The fourth-order valence-corrected chi connectivity index (χ4v) is 0.503. The van der Waals surface area contributed by atoms with Crippen molar-refractivity contribution in [1.82, 2.24) is 0 Å². The maximum Gasteiger partial charge on any atom is 0.364 e. The normalized spacial score (nSPS) is 14.0. The Hall–Kier alpha value is -1.72. The second-order valence-electron chi connectivity index (χ2n) is 2.27. The van der Waals surface area contributed by atoms with Crippen molar-refractivity contribution in [3.63, 3.8) is 0 Å². The predicted octanol–water partition coefficient (Wildman–Crippen LogP) is 0.673. The molecule has 0 amide bonds. The van der Waals surface area contributed by atoms with Crippen LogP contribution in [0, 0.1) is 4.91 Å². The zero-order valence-corrected chi connectivity index (χ0v) is 7.18. The van der Waals surface area contributed by atoms with Crippen molar-refractivity contribution < 1.29 is 19.4 Å². The van der Waals surface area contributed by atoms with Crippen LogP contribution in [0.5, 0.6) is 0 Å². The predicted molar refractivity (Wildman–Crippen MR) is 42.7 cm³/mol. The van der Waals surface area contributed by atoms with Crippen LogP contribution in [0.3, 0.4) is 0 Å². The molecule has 6 heteroatoms. The van der Waals surface area contributed by atoms with Crippen molar-refractivity contribution in [1.29, 1.82) is 0 Å². The van der Waals surface area contributed by atoms with Crippen LogP contribution in [0.1, 0.15) is 13.8 Å². The second kappa shape index (κ2) is 5.02. The Balaban J connectivity index is 4.50. The van der Waals surface area contributed by atoms with Gasteiger partial charge in [0.15, 0.2) is 12.4 Å². The Kier molecular flexibility index (Phi) is 4.36. The smallest absolute Gasteiger partial charge is 0.364 e. The highest BCUT2D eigenvalue weighted by atomic mass is 16.5. The molecule has 0 saturated heterocycles. The number of carbonyl (C=O) groups is 2. The number of hydrogen-bond acceptors (Lipinski definition) is 6. The molecule has 0 aromatic rings. The fraction of sp³-hybridized carbons (Fsp3) is 0.429.